The van der Waals surface area contributed by atoms with Crippen LogP contribution in [0.4, 0.5) is 0 Å². The number of nitrogens with two attached hydrogens (primary N) is 1. The van der Waals surface area contributed by atoms with Gasteiger partial charge in [-0.05, 0) is 31.5 Å². The van der Waals surface area contributed by atoms with Gasteiger partial charge in [0.1, 0.15) is 5.75 Å². The Balaban J connectivity index is 3.20. The zero-order chi connectivity index (χ0) is 11.4. The zero-order valence-corrected chi connectivity index (χ0v) is 9.71. The van der Waals surface area contributed by atoms with Crippen molar-refractivity contribution in [1.29, 1.82) is 0 Å². The standard InChI is InChI=1S/C11H16ClNO2/c1-3-15-11-7(2)4-8(12)5-9(11)10(13)6-14/h4-5,10,14H,3,6,13H2,1-2H3. The summed E-state index contributed by atoms with van der Waals surface area (Å²) >= 11 is 5.93. The Morgan fingerprint density at radius 3 is 2.73 bits per heavy atom. The molecule has 0 aromatic heterocycles. The van der Waals surface area contributed by atoms with Crippen molar-refractivity contribution in [2.24, 2.45) is 5.73 Å². The predicted molar refractivity (Wildman–Crippen MR) is 61.4 cm³/mol. The van der Waals surface area contributed by atoms with Crippen LogP contribution in [0.25, 0.3) is 0 Å². The van der Waals surface area contributed by atoms with E-state index in [1.807, 2.05) is 19.9 Å². The lowest BCUT2D eigenvalue weighted by Crippen LogP contribution is -2.16. The highest BCUT2D eigenvalue weighted by Gasteiger charge is 2.14. The topological polar surface area (TPSA) is 55.5 Å². The van der Waals surface area contributed by atoms with Crippen molar-refractivity contribution < 1.29 is 9.84 Å². The lowest BCUT2D eigenvalue weighted by molar-refractivity contribution is 0.261. The van der Waals surface area contributed by atoms with Gasteiger partial charge in [0.05, 0.1) is 19.3 Å². The number of aryl methyl sites for hydroxylation is 1. The second-order valence-corrected chi connectivity index (χ2v) is 3.80. The van der Waals surface area contributed by atoms with E-state index in [2.05, 4.69) is 0 Å². The summed E-state index contributed by atoms with van der Waals surface area (Å²) in [6.45, 7) is 4.25. The molecule has 84 valence electrons. The predicted octanol–water partition coefficient (Wildman–Crippen LogP) is 2.04. The Morgan fingerprint density at radius 1 is 1.53 bits per heavy atom. The number of halogens is 1. The maximum Gasteiger partial charge on any atom is 0.127 e. The summed E-state index contributed by atoms with van der Waals surface area (Å²) in [6, 6.07) is 3.10. The van der Waals surface area contributed by atoms with Crippen LogP contribution in [0.2, 0.25) is 5.02 Å². The molecular formula is C11H16ClNO2. The van der Waals surface area contributed by atoms with E-state index in [9.17, 15) is 0 Å². The summed E-state index contributed by atoms with van der Waals surface area (Å²) in [4.78, 5) is 0. The molecule has 3 N–H and O–H groups in total. The number of hydrogen-bond donors (Lipinski definition) is 2. The maximum atomic E-state index is 9.04. The molecular weight excluding hydrogens is 214 g/mol. The van der Waals surface area contributed by atoms with E-state index in [-0.39, 0.29) is 6.61 Å². The summed E-state index contributed by atoms with van der Waals surface area (Å²) in [5.41, 5.74) is 7.46. The molecule has 3 nitrogen and oxygen atoms in total. The SMILES string of the molecule is CCOc1c(C)cc(Cl)cc1C(N)CO. The molecule has 4 heteroatoms. The number of aliphatic hydroxyl groups is 1. The summed E-state index contributed by atoms with van der Waals surface area (Å²) in [6.07, 6.45) is 0. The number of rotatable bonds is 4. The molecule has 1 atom stereocenters. The van der Waals surface area contributed by atoms with E-state index in [0.29, 0.717) is 11.6 Å². The Hall–Kier alpha value is -0.770. The van der Waals surface area contributed by atoms with Crippen molar-refractivity contribution in [2.45, 2.75) is 19.9 Å². The van der Waals surface area contributed by atoms with Crippen LogP contribution in [0.1, 0.15) is 24.1 Å². The van der Waals surface area contributed by atoms with Crippen molar-refractivity contribution in [3.63, 3.8) is 0 Å². The van der Waals surface area contributed by atoms with Gasteiger partial charge in [0.25, 0.3) is 0 Å². The molecule has 1 aromatic rings. The van der Waals surface area contributed by atoms with E-state index >= 15 is 0 Å². The van der Waals surface area contributed by atoms with Crippen LogP contribution in [0.3, 0.4) is 0 Å². The molecule has 0 saturated heterocycles. The summed E-state index contributed by atoms with van der Waals surface area (Å²) in [5.74, 6) is 0.725. The van der Waals surface area contributed by atoms with E-state index in [1.165, 1.54) is 0 Å². The van der Waals surface area contributed by atoms with Crippen molar-refractivity contribution in [2.75, 3.05) is 13.2 Å². The molecule has 1 unspecified atom stereocenters. The quantitative estimate of drug-likeness (QED) is 0.831. The van der Waals surface area contributed by atoms with Crippen LogP contribution in [-0.2, 0) is 0 Å². The first-order chi connectivity index (χ1) is 7.10. The van der Waals surface area contributed by atoms with Gasteiger partial charge >= 0.3 is 0 Å². The third-order valence-corrected chi connectivity index (χ3v) is 2.37. The first kappa shape index (κ1) is 12.3. The first-order valence-corrected chi connectivity index (χ1v) is 5.27. The van der Waals surface area contributed by atoms with Gasteiger partial charge in [-0.15, -0.1) is 0 Å². The average molecular weight is 230 g/mol. The fourth-order valence-electron chi connectivity index (χ4n) is 1.47. The van der Waals surface area contributed by atoms with Gasteiger partial charge in [-0.3, -0.25) is 0 Å². The normalized spacial score (nSPS) is 12.6. The monoisotopic (exact) mass is 229 g/mol. The first-order valence-electron chi connectivity index (χ1n) is 4.89. The molecule has 0 saturated carbocycles. The van der Waals surface area contributed by atoms with Gasteiger partial charge in [0, 0.05) is 10.6 Å². The van der Waals surface area contributed by atoms with Gasteiger partial charge < -0.3 is 15.6 Å². The van der Waals surface area contributed by atoms with Crippen molar-refractivity contribution >= 4 is 11.6 Å². The van der Waals surface area contributed by atoms with E-state index in [0.717, 1.165) is 16.9 Å². The second kappa shape index (κ2) is 5.35. The molecule has 1 aromatic carbocycles. The fraction of sp³-hybridized carbons (Fsp3) is 0.455. The minimum atomic E-state index is -0.455. The number of benzene rings is 1. The molecule has 0 radical (unpaired) electrons. The van der Waals surface area contributed by atoms with E-state index < -0.39 is 6.04 Å². The lowest BCUT2D eigenvalue weighted by atomic mass is 10.0. The molecule has 0 aliphatic heterocycles. The number of hydrogen-bond acceptors (Lipinski definition) is 3. The molecule has 0 heterocycles. The number of aliphatic hydroxyl groups excluding tert-OH is 1. The summed E-state index contributed by atoms with van der Waals surface area (Å²) in [7, 11) is 0. The van der Waals surface area contributed by atoms with Gasteiger partial charge in [0.15, 0.2) is 0 Å². The molecule has 0 fully saturated rings. The molecule has 0 bridgehead atoms. The van der Waals surface area contributed by atoms with Crippen LogP contribution in [-0.4, -0.2) is 18.3 Å². The Kier molecular flexibility index (Phi) is 4.39. The lowest BCUT2D eigenvalue weighted by Gasteiger charge is -2.17. The number of ether oxygens (including phenoxy) is 1. The highest BCUT2D eigenvalue weighted by atomic mass is 35.5. The Bertz CT molecular complexity index is 342. The molecule has 0 aliphatic carbocycles. The largest absolute Gasteiger partial charge is 0.493 e. The highest BCUT2D eigenvalue weighted by Crippen LogP contribution is 2.31. The van der Waals surface area contributed by atoms with E-state index in [1.54, 1.807) is 6.07 Å². The highest BCUT2D eigenvalue weighted by molar-refractivity contribution is 6.30. The molecule has 0 amide bonds. The Morgan fingerprint density at radius 2 is 2.20 bits per heavy atom. The van der Waals surface area contributed by atoms with Crippen molar-refractivity contribution in [1.82, 2.24) is 0 Å². The van der Waals surface area contributed by atoms with Crippen LogP contribution >= 0.6 is 11.6 Å². The van der Waals surface area contributed by atoms with Crippen LogP contribution in [0, 0.1) is 6.92 Å². The fourth-order valence-corrected chi connectivity index (χ4v) is 1.75. The zero-order valence-electron chi connectivity index (χ0n) is 8.96. The third kappa shape index (κ3) is 2.84. The van der Waals surface area contributed by atoms with Crippen molar-refractivity contribution in [3.8, 4) is 5.75 Å². The smallest absolute Gasteiger partial charge is 0.127 e. The minimum Gasteiger partial charge on any atom is -0.493 e. The third-order valence-electron chi connectivity index (χ3n) is 2.15. The maximum absolute atomic E-state index is 9.04. The second-order valence-electron chi connectivity index (χ2n) is 3.36. The molecule has 0 spiro atoms. The average Bonchev–Trinajstić information content (AvgIpc) is 2.20. The summed E-state index contributed by atoms with van der Waals surface area (Å²) < 4.78 is 5.50. The van der Waals surface area contributed by atoms with Gasteiger partial charge in [-0.2, -0.15) is 0 Å². The van der Waals surface area contributed by atoms with Crippen LogP contribution < -0.4 is 10.5 Å². The van der Waals surface area contributed by atoms with Gasteiger partial charge in [-0.1, -0.05) is 11.6 Å². The Labute approximate surface area is 94.8 Å². The van der Waals surface area contributed by atoms with Crippen LogP contribution in [0.5, 0.6) is 5.75 Å². The van der Waals surface area contributed by atoms with Gasteiger partial charge in [-0.25, -0.2) is 0 Å². The molecule has 0 aliphatic rings. The molecule has 1 rings (SSSR count). The summed E-state index contributed by atoms with van der Waals surface area (Å²) in [5, 5.41) is 9.65. The molecule has 15 heavy (non-hydrogen) atoms. The van der Waals surface area contributed by atoms with Crippen molar-refractivity contribution in [3.05, 3.63) is 28.3 Å². The van der Waals surface area contributed by atoms with Crippen LogP contribution in [0.15, 0.2) is 12.1 Å². The minimum absolute atomic E-state index is 0.125. The van der Waals surface area contributed by atoms with E-state index in [4.69, 9.17) is 27.2 Å². The van der Waals surface area contributed by atoms with Gasteiger partial charge in [0.2, 0.25) is 0 Å².